The Kier molecular flexibility index (Phi) is 7.51. The third kappa shape index (κ3) is 6.41. The number of benzene rings is 1. The Hall–Kier alpha value is -2.34. The van der Waals surface area contributed by atoms with Crippen LogP contribution in [0.4, 0.5) is 32.0 Å². The number of anilines is 1. The molecule has 2 amide bonds. The third-order valence-corrected chi connectivity index (χ3v) is 6.50. The van der Waals surface area contributed by atoms with E-state index in [2.05, 4.69) is 0 Å². The summed E-state index contributed by atoms with van der Waals surface area (Å²) in [5.74, 6) is -1.31. The molecule has 12 heteroatoms. The van der Waals surface area contributed by atoms with E-state index in [-0.39, 0.29) is 49.9 Å². The lowest BCUT2D eigenvalue weighted by Crippen LogP contribution is -2.52. The first-order valence-electron chi connectivity index (χ1n) is 11.0. The van der Waals surface area contributed by atoms with Gasteiger partial charge in [0.15, 0.2) is 0 Å². The van der Waals surface area contributed by atoms with Crippen molar-refractivity contribution in [3.63, 3.8) is 0 Å². The predicted molar refractivity (Wildman–Crippen MR) is 110 cm³/mol. The Morgan fingerprint density at radius 1 is 1.00 bits per heavy atom. The topological polar surface area (TPSA) is 95.7 Å². The van der Waals surface area contributed by atoms with Crippen LogP contribution >= 0.6 is 0 Å². The predicted octanol–water partition coefficient (Wildman–Crippen LogP) is 3.92. The summed E-state index contributed by atoms with van der Waals surface area (Å²) in [7, 11) is 0. The van der Waals surface area contributed by atoms with Crippen LogP contribution in [0.1, 0.15) is 56.1 Å². The minimum atomic E-state index is -5.04. The van der Waals surface area contributed by atoms with E-state index in [9.17, 15) is 41.0 Å². The second kappa shape index (κ2) is 9.73. The van der Waals surface area contributed by atoms with Crippen molar-refractivity contribution < 1.29 is 41.0 Å². The van der Waals surface area contributed by atoms with Crippen molar-refractivity contribution in [3.05, 3.63) is 29.3 Å². The number of rotatable bonds is 4. The van der Waals surface area contributed by atoms with Crippen LogP contribution in [-0.4, -0.2) is 46.6 Å². The van der Waals surface area contributed by atoms with Crippen molar-refractivity contribution in [1.82, 2.24) is 4.90 Å². The third-order valence-electron chi connectivity index (χ3n) is 6.50. The quantitative estimate of drug-likeness (QED) is 0.552. The van der Waals surface area contributed by atoms with Gasteiger partial charge < -0.3 is 21.1 Å². The fraction of sp³-hybridized carbons (Fsp3) is 0.636. The van der Waals surface area contributed by atoms with Crippen LogP contribution < -0.4 is 11.1 Å². The summed E-state index contributed by atoms with van der Waals surface area (Å²) < 4.78 is 78.0. The van der Waals surface area contributed by atoms with Gasteiger partial charge >= 0.3 is 12.4 Å². The average molecular weight is 495 g/mol. The van der Waals surface area contributed by atoms with Gasteiger partial charge in [-0.1, -0.05) is 12.8 Å². The molecule has 0 aromatic heterocycles. The monoisotopic (exact) mass is 495 g/mol. The molecule has 1 heterocycles. The molecule has 6 nitrogen and oxygen atoms in total. The number of alkyl halides is 6. The number of nitrogens with one attached hydrogen (secondary N) is 1. The van der Waals surface area contributed by atoms with Crippen LogP contribution in [0.15, 0.2) is 18.2 Å². The molecule has 2 aliphatic rings. The van der Waals surface area contributed by atoms with Crippen LogP contribution in [0.5, 0.6) is 0 Å². The Bertz CT molecular complexity index is 878. The molecule has 1 saturated carbocycles. The number of hydrogen-bond donors (Lipinski definition) is 3. The van der Waals surface area contributed by atoms with Crippen molar-refractivity contribution >= 4 is 17.5 Å². The molecule has 0 bridgehead atoms. The molecule has 2 atom stereocenters. The van der Waals surface area contributed by atoms with Gasteiger partial charge in [-0.3, -0.25) is 9.59 Å². The summed E-state index contributed by atoms with van der Waals surface area (Å²) in [6, 6.07) is 0.563. The van der Waals surface area contributed by atoms with Crippen molar-refractivity contribution in [2.24, 2.45) is 11.7 Å². The molecule has 1 saturated heterocycles. The van der Waals surface area contributed by atoms with Gasteiger partial charge in [-0.2, -0.15) is 26.3 Å². The lowest BCUT2D eigenvalue weighted by Gasteiger charge is -2.40. The molecule has 190 valence electrons. The molecule has 2 unspecified atom stereocenters. The van der Waals surface area contributed by atoms with E-state index in [1.165, 1.54) is 0 Å². The van der Waals surface area contributed by atoms with E-state index in [1.54, 1.807) is 4.90 Å². The Morgan fingerprint density at radius 3 is 2.03 bits per heavy atom. The maximum atomic E-state index is 13.0. The highest BCUT2D eigenvalue weighted by atomic mass is 19.4. The van der Waals surface area contributed by atoms with E-state index in [4.69, 9.17) is 5.73 Å². The number of carbonyl (C=O) groups is 2. The maximum absolute atomic E-state index is 13.0. The molecule has 1 aromatic rings. The molecule has 1 aliphatic heterocycles. The highest BCUT2D eigenvalue weighted by molar-refractivity contribution is 5.91. The largest absolute Gasteiger partial charge is 0.416 e. The van der Waals surface area contributed by atoms with Gasteiger partial charge in [0.25, 0.3) is 0 Å². The number of halogens is 6. The number of likely N-dealkylation sites (tertiary alicyclic amines) is 1. The molecule has 2 fully saturated rings. The molecule has 0 spiro atoms. The van der Waals surface area contributed by atoms with Gasteiger partial charge in [0.05, 0.1) is 29.1 Å². The van der Waals surface area contributed by atoms with Crippen molar-refractivity contribution in [1.29, 1.82) is 0 Å². The minimum Gasteiger partial charge on any atom is -0.389 e. The van der Waals surface area contributed by atoms with Gasteiger partial charge in [-0.15, -0.1) is 0 Å². The first-order valence-corrected chi connectivity index (χ1v) is 11.0. The zero-order valence-corrected chi connectivity index (χ0v) is 18.3. The maximum Gasteiger partial charge on any atom is 0.416 e. The van der Waals surface area contributed by atoms with Crippen LogP contribution in [0, 0.1) is 5.92 Å². The number of piperidine rings is 1. The van der Waals surface area contributed by atoms with E-state index < -0.39 is 47.1 Å². The fourth-order valence-corrected chi connectivity index (χ4v) is 4.55. The lowest BCUT2D eigenvalue weighted by molar-refractivity contribution is -0.144. The molecule has 4 N–H and O–H groups in total. The summed E-state index contributed by atoms with van der Waals surface area (Å²) in [4.78, 5) is 26.7. The van der Waals surface area contributed by atoms with Gasteiger partial charge in [0.1, 0.15) is 0 Å². The SMILES string of the molecule is NC1CCCCC1C(=O)N1CCC(O)(CC(=O)Nc2cc(C(F)(F)F)cc(C(F)(F)F)c2)CC1. The normalized spacial score (nSPS) is 23.5. The van der Waals surface area contributed by atoms with E-state index in [1.807, 2.05) is 5.32 Å². The summed E-state index contributed by atoms with van der Waals surface area (Å²) in [5.41, 5.74) is 0.751. The van der Waals surface area contributed by atoms with Crippen LogP contribution in [-0.2, 0) is 21.9 Å². The molecular formula is C22H27F6N3O3. The number of aliphatic hydroxyl groups is 1. The van der Waals surface area contributed by atoms with E-state index in [0.29, 0.717) is 18.6 Å². The molecule has 1 aromatic carbocycles. The van der Waals surface area contributed by atoms with Gasteiger partial charge in [-0.05, 0) is 43.9 Å². The van der Waals surface area contributed by atoms with E-state index >= 15 is 0 Å². The first-order chi connectivity index (χ1) is 15.7. The summed E-state index contributed by atoms with van der Waals surface area (Å²) in [5, 5.41) is 12.8. The number of carbonyl (C=O) groups excluding carboxylic acids is 2. The summed E-state index contributed by atoms with van der Waals surface area (Å²) >= 11 is 0. The number of nitrogens with two attached hydrogens (primary N) is 1. The standard InChI is InChI=1S/C22H27F6N3O3/c23-21(24,25)13-9-14(22(26,27)28)11-15(10-13)30-18(32)12-20(34)5-7-31(8-6-20)19(33)16-3-1-2-4-17(16)29/h9-11,16-17,34H,1-8,12,29H2,(H,30,32). The first kappa shape index (κ1) is 26.3. The lowest BCUT2D eigenvalue weighted by atomic mass is 9.82. The zero-order chi connectivity index (χ0) is 25.3. The number of amides is 2. The minimum absolute atomic E-state index is 0.0336. The van der Waals surface area contributed by atoms with Crippen molar-refractivity contribution in [3.8, 4) is 0 Å². The average Bonchev–Trinajstić information content (AvgIpc) is 2.72. The zero-order valence-electron chi connectivity index (χ0n) is 18.3. The smallest absolute Gasteiger partial charge is 0.389 e. The Balaban J connectivity index is 1.62. The second-order valence-electron chi connectivity index (χ2n) is 9.12. The summed E-state index contributed by atoms with van der Waals surface area (Å²) in [6.07, 6.45) is -7.19. The number of nitrogens with zero attached hydrogens (tertiary/aromatic N) is 1. The highest BCUT2D eigenvalue weighted by Gasteiger charge is 2.40. The second-order valence-corrected chi connectivity index (χ2v) is 9.12. The molecule has 3 rings (SSSR count). The van der Waals surface area contributed by atoms with Crippen molar-refractivity contribution in [2.45, 2.75) is 68.9 Å². The molecule has 1 aliphatic carbocycles. The van der Waals surface area contributed by atoms with Crippen molar-refractivity contribution in [2.75, 3.05) is 18.4 Å². The molecule has 34 heavy (non-hydrogen) atoms. The fourth-order valence-electron chi connectivity index (χ4n) is 4.55. The van der Waals surface area contributed by atoms with Gasteiger partial charge in [-0.25, -0.2) is 0 Å². The van der Waals surface area contributed by atoms with Crippen LogP contribution in [0.3, 0.4) is 0 Å². The van der Waals surface area contributed by atoms with Crippen LogP contribution in [0.2, 0.25) is 0 Å². The Labute approximate surface area is 192 Å². The molecule has 0 radical (unpaired) electrons. The highest BCUT2D eigenvalue weighted by Crippen LogP contribution is 2.38. The molecular weight excluding hydrogens is 468 g/mol. The van der Waals surface area contributed by atoms with Gasteiger partial charge in [0.2, 0.25) is 11.8 Å². The summed E-state index contributed by atoms with van der Waals surface area (Å²) in [6.45, 7) is 0.348. The van der Waals surface area contributed by atoms with Gasteiger partial charge in [0, 0.05) is 24.8 Å². The van der Waals surface area contributed by atoms with Crippen LogP contribution in [0.25, 0.3) is 0 Å². The van der Waals surface area contributed by atoms with E-state index in [0.717, 1.165) is 19.3 Å². The Morgan fingerprint density at radius 2 is 1.53 bits per heavy atom. The number of hydrogen-bond acceptors (Lipinski definition) is 4.